The molecule has 2 aromatic rings. The standard InChI is InChI=1S/C23H29N3O2/c1-27-22-12-19-15-26(13-16-5-6-21-17(10-16)7-9-28-21)14-18(19)11-20(22)25-23-4-2-3-8-24-23/h2-6,8,10,18-20,22H,7,9,11-15H2,1H3,(H,24,25)/t18-,19+,20-,22-/m1/s1. The molecule has 1 aromatic carbocycles. The molecule has 5 heteroatoms. The molecule has 5 nitrogen and oxygen atoms in total. The van der Waals surface area contributed by atoms with E-state index in [2.05, 4.69) is 33.4 Å². The molecule has 2 fully saturated rings. The molecule has 1 saturated heterocycles. The number of anilines is 1. The number of rotatable bonds is 5. The SMILES string of the molecule is CO[C@@H]1C[C@H]2CN(Cc3ccc4c(c3)CCO4)C[C@H]2C[C@H]1Nc1ccccn1. The number of hydrogen-bond donors (Lipinski definition) is 1. The highest BCUT2D eigenvalue weighted by Gasteiger charge is 2.42. The molecule has 1 saturated carbocycles. The highest BCUT2D eigenvalue weighted by atomic mass is 16.5. The van der Waals surface area contributed by atoms with Crippen LogP contribution in [0.2, 0.25) is 0 Å². The highest BCUT2D eigenvalue weighted by molar-refractivity contribution is 5.40. The van der Waals surface area contributed by atoms with Crippen LogP contribution in [0.15, 0.2) is 42.6 Å². The average Bonchev–Trinajstić information content (AvgIpc) is 3.33. The molecule has 148 valence electrons. The Morgan fingerprint density at radius 2 is 2.07 bits per heavy atom. The predicted molar refractivity (Wildman–Crippen MR) is 110 cm³/mol. The van der Waals surface area contributed by atoms with Gasteiger partial charge in [0.2, 0.25) is 0 Å². The fourth-order valence-corrected chi connectivity index (χ4v) is 5.29. The molecule has 0 spiro atoms. The van der Waals surface area contributed by atoms with Gasteiger partial charge in [0, 0.05) is 39.4 Å². The van der Waals surface area contributed by atoms with E-state index in [1.54, 1.807) is 0 Å². The lowest BCUT2D eigenvalue weighted by Crippen LogP contribution is -2.44. The Bertz CT molecular complexity index is 813. The van der Waals surface area contributed by atoms with Crippen LogP contribution in [0.1, 0.15) is 24.0 Å². The first-order chi connectivity index (χ1) is 13.8. The fourth-order valence-electron chi connectivity index (χ4n) is 5.29. The zero-order valence-electron chi connectivity index (χ0n) is 16.5. The number of ether oxygens (including phenoxy) is 2. The summed E-state index contributed by atoms with van der Waals surface area (Å²) in [5.74, 6) is 3.48. The van der Waals surface area contributed by atoms with Gasteiger partial charge in [0.1, 0.15) is 11.6 Å². The molecule has 2 aliphatic heterocycles. The number of hydrogen-bond acceptors (Lipinski definition) is 5. The predicted octanol–water partition coefficient (Wildman–Crippen LogP) is 3.35. The second-order valence-corrected chi connectivity index (χ2v) is 8.47. The first-order valence-electron chi connectivity index (χ1n) is 10.5. The maximum Gasteiger partial charge on any atom is 0.126 e. The largest absolute Gasteiger partial charge is 0.493 e. The lowest BCUT2D eigenvalue weighted by Gasteiger charge is -2.37. The molecule has 28 heavy (non-hydrogen) atoms. The maximum absolute atomic E-state index is 5.87. The summed E-state index contributed by atoms with van der Waals surface area (Å²) >= 11 is 0. The van der Waals surface area contributed by atoms with Gasteiger partial charge in [0.05, 0.1) is 18.8 Å². The Morgan fingerprint density at radius 1 is 1.18 bits per heavy atom. The van der Waals surface area contributed by atoms with Gasteiger partial charge in [-0.15, -0.1) is 0 Å². The minimum absolute atomic E-state index is 0.250. The van der Waals surface area contributed by atoms with Gasteiger partial charge in [-0.3, -0.25) is 4.90 Å². The van der Waals surface area contributed by atoms with Gasteiger partial charge in [-0.25, -0.2) is 4.98 Å². The summed E-state index contributed by atoms with van der Waals surface area (Å²) in [6.45, 7) is 4.22. The highest BCUT2D eigenvalue weighted by Crippen LogP contribution is 2.39. The van der Waals surface area contributed by atoms with Gasteiger partial charge in [0.25, 0.3) is 0 Å². The number of likely N-dealkylation sites (tertiary alicyclic amines) is 1. The first-order valence-corrected chi connectivity index (χ1v) is 10.5. The van der Waals surface area contributed by atoms with Gasteiger partial charge in [-0.05, 0) is 54.0 Å². The number of methoxy groups -OCH3 is 1. The smallest absolute Gasteiger partial charge is 0.126 e. The van der Waals surface area contributed by atoms with E-state index in [0.29, 0.717) is 6.04 Å². The molecule has 3 aliphatic rings. The normalized spacial score (nSPS) is 29.2. The quantitative estimate of drug-likeness (QED) is 0.863. The van der Waals surface area contributed by atoms with E-state index in [-0.39, 0.29) is 6.10 Å². The zero-order chi connectivity index (χ0) is 18.9. The van der Waals surface area contributed by atoms with Crippen LogP contribution in [0, 0.1) is 11.8 Å². The molecule has 0 unspecified atom stereocenters. The molecule has 5 rings (SSSR count). The van der Waals surface area contributed by atoms with E-state index in [1.165, 1.54) is 24.2 Å². The lowest BCUT2D eigenvalue weighted by molar-refractivity contribution is 0.0304. The van der Waals surface area contributed by atoms with Crippen molar-refractivity contribution in [1.82, 2.24) is 9.88 Å². The Kier molecular flexibility index (Phi) is 4.95. The van der Waals surface area contributed by atoms with E-state index in [9.17, 15) is 0 Å². The van der Waals surface area contributed by atoms with E-state index in [1.807, 2.05) is 31.5 Å². The number of benzene rings is 1. The molecule has 4 atom stereocenters. The third-order valence-electron chi connectivity index (χ3n) is 6.65. The maximum atomic E-state index is 5.87. The summed E-state index contributed by atoms with van der Waals surface area (Å²) in [4.78, 5) is 7.07. The van der Waals surface area contributed by atoms with Gasteiger partial charge < -0.3 is 14.8 Å². The molecule has 0 radical (unpaired) electrons. The van der Waals surface area contributed by atoms with Gasteiger partial charge in [0.15, 0.2) is 0 Å². The molecule has 0 amide bonds. The summed E-state index contributed by atoms with van der Waals surface area (Å²) in [5, 5.41) is 3.62. The Balaban J connectivity index is 1.24. The van der Waals surface area contributed by atoms with Crippen LogP contribution in [-0.2, 0) is 17.7 Å². The second-order valence-electron chi connectivity index (χ2n) is 8.47. The van der Waals surface area contributed by atoms with Crippen LogP contribution >= 0.6 is 0 Å². The summed E-state index contributed by atoms with van der Waals surface area (Å²) < 4.78 is 11.5. The molecule has 1 aromatic heterocycles. The number of fused-ring (bicyclic) bond motifs is 2. The first kappa shape index (κ1) is 18.0. The van der Waals surface area contributed by atoms with Crippen LogP contribution in [-0.4, -0.2) is 48.8 Å². The van der Waals surface area contributed by atoms with Gasteiger partial charge >= 0.3 is 0 Å². The Hall–Kier alpha value is -2.11. The van der Waals surface area contributed by atoms with E-state index < -0.39 is 0 Å². The van der Waals surface area contributed by atoms with Crippen molar-refractivity contribution in [3.05, 3.63) is 53.7 Å². The molecule has 1 aliphatic carbocycles. The van der Waals surface area contributed by atoms with Gasteiger partial charge in [-0.1, -0.05) is 18.2 Å². The summed E-state index contributed by atoms with van der Waals surface area (Å²) in [7, 11) is 1.84. The summed E-state index contributed by atoms with van der Waals surface area (Å²) in [6, 6.07) is 13.1. The Morgan fingerprint density at radius 3 is 2.89 bits per heavy atom. The second kappa shape index (κ2) is 7.72. The van der Waals surface area contributed by atoms with E-state index >= 15 is 0 Å². The Labute approximate surface area is 167 Å². The van der Waals surface area contributed by atoms with Crippen molar-refractivity contribution >= 4 is 5.82 Å². The topological polar surface area (TPSA) is 46.6 Å². The third kappa shape index (κ3) is 3.61. The van der Waals surface area contributed by atoms with Crippen molar-refractivity contribution in [3.8, 4) is 5.75 Å². The van der Waals surface area contributed by atoms with E-state index in [0.717, 1.165) is 55.8 Å². The summed E-state index contributed by atoms with van der Waals surface area (Å²) in [5.41, 5.74) is 2.78. The van der Waals surface area contributed by atoms with Crippen LogP contribution < -0.4 is 10.1 Å². The number of pyridine rings is 1. The lowest BCUT2D eigenvalue weighted by atomic mass is 9.77. The van der Waals surface area contributed by atoms with E-state index in [4.69, 9.17) is 9.47 Å². The van der Waals surface area contributed by atoms with Crippen molar-refractivity contribution in [1.29, 1.82) is 0 Å². The molecular weight excluding hydrogens is 350 g/mol. The number of nitrogens with zero attached hydrogens (tertiary/aromatic N) is 2. The van der Waals surface area contributed by atoms with Crippen molar-refractivity contribution in [3.63, 3.8) is 0 Å². The third-order valence-corrected chi connectivity index (χ3v) is 6.65. The number of nitrogens with one attached hydrogen (secondary N) is 1. The van der Waals surface area contributed by atoms with Crippen molar-refractivity contribution in [2.45, 2.75) is 38.0 Å². The number of aromatic nitrogens is 1. The van der Waals surface area contributed by atoms with Crippen LogP contribution in [0.25, 0.3) is 0 Å². The van der Waals surface area contributed by atoms with Crippen LogP contribution in [0.4, 0.5) is 5.82 Å². The van der Waals surface area contributed by atoms with Crippen LogP contribution in [0.3, 0.4) is 0 Å². The minimum atomic E-state index is 0.250. The van der Waals surface area contributed by atoms with Crippen LogP contribution in [0.5, 0.6) is 5.75 Å². The van der Waals surface area contributed by atoms with Crippen molar-refractivity contribution < 1.29 is 9.47 Å². The average molecular weight is 380 g/mol. The summed E-state index contributed by atoms with van der Waals surface area (Å²) in [6.07, 6.45) is 5.41. The van der Waals surface area contributed by atoms with Crippen molar-refractivity contribution in [2.24, 2.45) is 11.8 Å². The molecule has 1 N–H and O–H groups in total. The molecular formula is C23H29N3O2. The fraction of sp³-hybridized carbons (Fsp3) is 0.522. The monoisotopic (exact) mass is 379 g/mol. The van der Waals surface area contributed by atoms with Gasteiger partial charge in [-0.2, -0.15) is 0 Å². The molecule has 0 bridgehead atoms. The van der Waals surface area contributed by atoms with Crippen molar-refractivity contribution in [2.75, 3.05) is 32.1 Å². The molecule has 3 heterocycles. The minimum Gasteiger partial charge on any atom is -0.493 e. The zero-order valence-corrected chi connectivity index (χ0v) is 16.5.